The minimum Gasteiger partial charge on any atom is -0.211 e. The molecule has 0 bridgehead atoms. The molecule has 4 nitrogen and oxygen atoms in total. The van der Waals surface area contributed by atoms with Crippen LogP contribution in [0.2, 0.25) is 0 Å². The molecule has 0 amide bonds. The van der Waals surface area contributed by atoms with Crippen LogP contribution in [0, 0.1) is 6.92 Å². The Morgan fingerprint density at radius 1 is 0.737 bits per heavy atom. The summed E-state index contributed by atoms with van der Waals surface area (Å²) >= 11 is 0. The van der Waals surface area contributed by atoms with E-state index in [0.29, 0.717) is 11.4 Å². The van der Waals surface area contributed by atoms with Crippen LogP contribution < -0.4 is 0 Å². The lowest BCUT2D eigenvalue weighted by Crippen LogP contribution is -1.64. The third-order valence-corrected chi connectivity index (χ3v) is 2.14. The third-order valence-electron chi connectivity index (χ3n) is 2.14. The number of hydrogen-bond acceptors (Lipinski definition) is 4. The summed E-state index contributed by atoms with van der Waals surface area (Å²) in [4.78, 5) is 26.3. The van der Waals surface area contributed by atoms with E-state index >= 15 is 0 Å². The number of rotatable bonds is 2. The molecule has 0 saturated heterocycles. The van der Waals surface area contributed by atoms with Crippen molar-refractivity contribution in [2.75, 3.05) is 0 Å². The van der Waals surface area contributed by atoms with E-state index in [2.05, 4.69) is 29.0 Å². The first kappa shape index (κ1) is 14.3. The van der Waals surface area contributed by atoms with Gasteiger partial charge < -0.3 is 0 Å². The van der Waals surface area contributed by atoms with Crippen molar-refractivity contribution in [3.8, 4) is 0 Å². The van der Waals surface area contributed by atoms with Gasteiger partial charge in [0.1, 0.15) is 0 Å². The fraction of sp³-hybridized carbons (Fsp3) is 0.0667. The molecule has 0 N–H and O–H groups in total. The Bertz CT molecular complexity index is 557. The van der Waals surface area contributed by atoms with Crippen LogP contribution in [-0.4, -0.2) is 12.2 Å². The largest absolute Gasteiger partial charge is 0.240 e. The molecule has 0 aliphatic rings. The van der Waals surface area contributed by atoms with Gasteiger partial charge in [0.15, 0.2) is 0 Å². The van der Waals surface area contributed by atoms with Crippen LogP contribution >= 0.6 is 0 Å². The van der Waals surface area contributed by atoms with Crippen LogP contribution in [0.15, 0.2) is 64.6 Å². The van der Waals surface area contributed by atoms with Gasteiger partial charge in [0.25, 0.3) is 0 Å². The molecular weight excluding hydrogens is 240 g/mol. The summed E-state index contributed by atoms with van der Waals surface area (Å²) in [5, 5.41) is 0. The molecule has 2 aromatic carbocycles. The highest BCUT2D eigenvalue weighted by atomic mass is 16.1. The number of aryl methyl sites for hydroxylation is 1. The van der Waals surface area contributed by atoms with Crippen molar-refractivity contribution in [2.45, 2.75) is 6.92 Å². The highest BCUT2D eigenvalue weighted by Crippen LogP contribution is 2.16. The van der Waals surface area contributed by atoms with Gasteiger partial charge in [0.2, 0.25) is 12.2 Å². The predicted octanol–water partition coefficient (Wildman–Crippen LogP) is 3.62. The average molecular weight is 252 g/mol. The van der Waals surface area contributed by atoms with E-state index in [1.165, 1.54) is 17.7 Å². The molecular formula is C15H12N2O2. The highest BCUT2D eigenvalue weighted by molar-refractivity contribution is 5.55. The average Bonchev–Trinajstić information content (AvgIpc) is 2.43. The van der Waals surface area contributed by atoms with Crippen molar-refractivity contribution in [3.63, 3.8) is 0 Å². The lowest BCUT2D eigenvalue weighted by atomic mass is 10.2. The molecule has 0 spiro atoms. The van der Waals surface area contributed by atoms with E-state index in [1.54, 1.807) is 24.3 Å². The van der Waals surface area contributed by atoms with Crippen LogP contribution in [0.4, 0.5) is 11.4 Å². The van der Waals surface area contributed by atoms with E-state index < -0.39 is 0 Å². The van der Waals surface area contributed by atoms with E-state index in [9.17, 15) is 9.59 Å². The fourth-order valence-corrected chi connectivity index (χ4v) is 1.24. The second kappa shape index (κ2) is 8.31. The molecule has 0 aromatic heterocycles. The first-order valence-corrected chi connectivity index (χ1v) is 5.53. The lowest BCUT2D eigenvalue weighted by molar-refractivity contribution is 0.564. The predicted molar refractivity (Wildman–Crippen MR) is 73.2 cm³/mol. The van der Waals surface area contributed by atoms with Gasteiger partial charge in [-0.3, -0.25) is 0 Å². The summed E-state index contributed by atoms with van der Waals surface area (Å²) in [6.45, 7) is 2.08. The van der Waals surface area contributed by atoms with Gasteiger partial charge in [-0.15, -0.1) is 0 Å². The van der Waals surface area contributed by atoms with Crippen LogP contribution in [-0.2, 0) is 9.59 Å². The molecule has 0 fully saturated rings. The first-order valence-electron chi connectivity index (χ1n) is 5.53. The topological polar surface area (TPSA) is 58.9 Å². The zero-order chi connectivity index (χ0) is 13.9. The van der Waals surface area contributed by atoms with Crippen molar-refractivity contribution in [2.24, 2.45) is 9.98 Å². The summed E-state index contributed by atoms with van der Waals surface area (Å²) < 4.78 is 0. The number of aliphatic imine (C=N–C) groups is 2. The van der Waals surface area contributed by atoms with E-state index in [-0.39, 0.29) is 0 Å². The summed E-state index contributed by atoms with van der Waals surface area (Å²) in [6.07, 6.45) is 2.80. The second-order valence-corrected chi connectivity index (χ2v) is 3.58. The number of hydrogen-bond donors (Lipinski definition) is 0. The summed E-state index contributed by atoms with van der Waals surface area (Å²) in [6, 6.07) is 16.5. The smallest absolute Gasteiger partial charge is 0.211 e. The molecule has 0 unspecified atom stereocenters. The standard InChI is InChI=1S/C8H4N2O2.C7H8/c11-5-9-7-1-2-8(4-3-7)10-6-12;1-7-5-3-2-4-6-7/h1-4H;2-6H,1H3. The third kappa shape index (κ3) is 5.89. The zero-order valence-electron chi connectivity index (χ0n) is 10.4. The molecule has 0 atom stereocenters. The minimum atomic E-state index is 0.481. The van der Waals surface area contributed by atoms with E-state index in [1.807, 2.05) is 18.2 Å². The van der Waals surface area contributed by atoms with Crippen molar-refractivity contribution in [1.29, 1.82) is 0 Å². The maximum Gasteiger partial charge on any atom is 0.240 e. The van der Waals surface area contributed by atoms with Gasteiger partial charge in [-0.25, -0.2) is 9.59 Å². The molecule has 0 aliphatic heterocycles. The molecule has 19 heavy (non-hydrogen) atoms. The molecule has 0 radical (unpaired) electrons. The van der Waals surface area contributed by atoms with Gasteiger partial charge in [-0.2, -0.15) is 9.98 Å². The Labute approximate surface area is 111 Å². The fourth-order valence-electron chi connectivity index (χ4n) is 1.24. The van der Waals surface area contributed by atoms with E-state index in [4.69, 9.17) is 0 Å². The Morgan fingerprint density at radius 2 is 1.16 bits per heavy atom. The molecule has 2 rings (SSSR count). The Balaban J connectivity index is 0.000000218. The number of nitrogens with zero attached hydrogens (tertiary/aromatic N) is 2. The van der Waals surface area contributed by atoms with Gasteiger partial charge >= 0.3 is 0 Å². The van der Waals surface area contributed by atoms with Crippen LogP contribution in [0.3, 0.4) is 0 Å². The first-order chi connectivity index (χ1) is 9.26. The molecule has 0 aliphatic carbocycles. The molecule has 4 heteroatoms. The summed E-state index contributed by atoms with van der Waals surface area (Å²) in [7, 11) is 0. The van der Waals surface area contributed by atoms with Crippen LogP contribution in [0.5, 0.6) is 0 Å². The summed E-state index contributed by atoms with van der Waals surface area (Å²) in [5.74, 6) is 0. The van der Waals surface area contributed by atoms with Crippen molar-refractivity contribution < 1.29 is 9.59 Å². The van der Waals surface area contributed by atoms with Gasteiger partial charge in [0.05, 0.1) is 11.4 Å². The minimum absolute atomic E-state index is 0.481. The zero-order valence-corrected chi connectivity index (χ0v) is 10.4. The molecule has 2 aromatic rings. The summed E-state index contributed by atoms with van der Waals surface area (Å²) in [5.41, 5.74) is 2.28. The Kier molecular flexibility index (Phi) is 6.24. The van der Waals surface area contributed by atoms with Gasteiger partial charge in [-0.1, -0.05) is 35.9 Å². The number of isocyanates is 2. The maximum absolute atomic E-state index is 9.81. The molecule has 0 heterocycles. The number of carbonyl (C=O) groups excluding carboxylic acids is 2. The van der Waals surface area contributed by atoms with Crippen LogP contribution in [0.25, 0.3) is 0 Å². The van der Waals surface area contributed by atoms with Crippen molar-refractivity contribution in [1.82, 2.24) is 0 Å². The monoisotopic (exact) mass is 252 g/mol. The molecule has 94 valence electrons. The quantitative estimate of drug-likeness (QED) is 0.605. The SMILES string of the molecule is Cc1ccccc1.O=C=Nc1ccc(N=C=O)cc1. The normalized spacial score (nSPS) is 8.26. The van der Waals surface area contributed by atoms with Gasteiger partial charge in [0, 0.05) is 0 Å². The van der Waals surface area contributed by atoms with E-state index in [0.717, 1.165) is 0 Å². The van der Waals surface area contributed by atoms with Crippen molar-refractivity contribution in [3.05, 3.63) is 60.2 Å². The lowest BCUT2D eigenvalue weighted by Gasteiger charge is -1.89. The molecule has 0 saturated carbocycles. The Hall–Kier alpha value is -2.80. The van der Waals surface area contributed by atoms with Crippen LogP contribution in [0.1, 0.15) is 5.56 Å². The number of benzene rings is 2. The Morgan fingerprint density at radius 3 is 1.42 bits per heavy atom. The van der Waals surface area contributed by atoms with Gasteiger partial charge in [-0.05, 0) is 31.2 Å². The highest BCUT2D eigenvalue weighted by Gasteiger charge is 1.89. The maximum atomic E-state index is 9.81. The second-order valence-electron chi connectivity index (χ2n) is 3.58. The van der Waals surface area contributed by atoms with Crippen molar-refractivity contribution >= 4 is 23.5 Å².